The highest BCUT2D eigenvalue weighted by atomic mass is 19.1. The van der Waals surface area contributed by atoms with E-state index in [1.165, 1.54) is 12.1 Å². The normalized spacial score (nSPS) is 10.2. The molecule has 0 N–H and O–H groups in total. The van der Waals surface area contributed by atoms with Gasteiger partial charge in [0.25, 0.3) is 0 Å². The maximum atomic E-state index is 12.8. The van der Waals surface area contributed by atoms with E-state index in [1.54, 1.807) is 0 Å². The summed E-state index contributed by atoms with van der Waals surface area (Å²) < 4.78 is 18.4. The maximum absolute atomic E-state index is 12.8. The second-order valence-corrected chi connectivity index (χ2v) is 3.52. The van der Waals surface area contributed by atoms with E-state index >= 15 is 0 Å². The second-order valence-electron chi connectivity index (χ2n) is 3.52. The third-order valence-corrected chi connectivity index (χ3v) is 2.35. The predicted molar refractivity (Wildman–Crippen MR) is 61.5 cm³/mol. The van der Waals surface area contributed by atoms with Gasteiger partial charge in [0.05, 0.1) is 24.0 Å². The van der Waals surface area contributed by atoms with Crippen molar-refractivity contribution in [1.29, 1.82) is 0 Å². The number of nitro groups is 1. The molecule has 0 fully saturated rings. The van der Waals surface area contributed by atoms with Crippen LogP contribution in [-0.2, 0) is 4.74 Å². The zero-order valence-electron chi connectivity index (χ0n) is 9.74. The molecule has 1 aromatic heterocycles. The lowest BCUT2D eigenvalue weighted by Gasteiger charge is -2.01. The molecule has 0 aliphatic rings. The third-order valence-electron chi connectivity index (χ3n) is 2.35. The zero-order valence-corrected chi connectivity index (χ0v) is 9.74. The van der Waals surface area contributed by atoms with E-state index in [0.29, 0.717) is 5.69 Å². The van der Waals surface area contributed by atoms with Gasteiger partial charge in [-0.05, 0) is 29.2 Å². The molecule has 0 bridgehead atoms. The average molecular weight is 265 g/mol. The van der Waals surface area contributed by atoms with Crippen molar-refractivity contribution < 1.29 is 18.8 Å². The first kappa shape index (κ1) is 12.7. The topological polar surface area (TPSA) is 87.3 Å². The zero-order chi connectivity index (χ0) is 14.0. The maximum Gasteiger partial charge on any atom is 0.391 e. The Morgan fingerprint density at radius 3 is 2.58 bits per heavy atom. The monoisotopic (exact) mass is 265 g/mol. The number of rotatable bonds is 3. The Balaban J connectivity index is 2.57. The van der Waals surface area contributed by atoms with Gasteiger partial charge in [0.15, 0.2) is 5.69 Å². The van der Waals surface area contributed by atoms with Gasteiger partial charge in [-0.15, -0.1) is 4.68 Å². The lowest BCUT2D eigenvalue weighted by atomic mass is 10.3. The van der Waals surface area contributed by atoms with E-state index in [1.807, 2.05) is 0 Å². The molecule has 7 nitrogen and oxygen atoms in total. The summed E-state index contributed by atoms with van der Waals surface area (Å²) in [6.45, 7) is 0. The fourth-order valence-electron chi connectivity index (χ4n) is 1.49. The summed E-state index contributed by atoms with van der Waals surface area (Å²) in [7, 11) is 1.15. The van der Waals surface area contributed by atoms with Crippen molar-refractivity contribution in [3.8, 4) is 5.69 Å². The van der Waals surface area contributed by atoms with Crippen molar-refractivity contribution in [2.24, 2.45) is 0 Å². The summed E-state index contributed by atoms with van der Waals surface area (Å²) in [5, 5.41) is 14.4. The largest absolute Gasteiger partial charge is 0.464 e. The third kappa shape index (κ3) is 2.41. The van der Waals surface area contributed by atoms with Gasteiger partial charge in [-0.2, -0.15) is 0 Å². The van der Waals surface area contributed by atoms with Crippen LogP contribution in [0.25, 0.3) is 5.69 Å². The van der Waals surface area contributed by atoms with Crippen LogP contribution >= 0.6 is 0 Å². The second kappa shape index (κ2) is 4.84. The molecule has 1 aromatic carbocycles. The number of benzene rings is 1. The Hall–Kier alpha value is -2.77. The molecule has 8 heteroatoms. The molecule has 0 spiro atoms. The van der Waals surface area contributed by atoms with Crippen molar-refractivity contribution in [3.05, 3.63) is 52.0 Å². The van der Waals surface area contributed by atoms with Gasteiger partial charge < -0.3 is 14.9 Å². The van der Waals surface area contributed by atoms with E-state index in [-0.39, 0.29) is 5.69 Å². The highest BCUT2D eigenvalue weighted by Crippen LogP contribution is 2.18. The summed E-state index contributed by atoms with van der Waals surface area (Å²) in [4.78, 5) is 21.5. The van der Waals surface area contributed by atoms with Gasteiger partial charge in [0.2, 0.25) is 0 Å². The molecule has 2 aromatic rings. The van der Waals surface area contributed by atoms with E-state index < -0.39 is 22.5 Å². The first-order valence-corrected chi connectivity index (χ1v) is 5.11. The summed E-state index contributed by atoms with van der Waals surface area (Å²) in [5.74, 6) is -1.74. The molecule has 98 valence electrons. The van der Waals surface area contributed by atoms with Crippen LogP contribution < -0.4 is 0 Å². The molecular formula is C11H8FN3O4. The van der Waals surface area contributed by atoms with Crippen molar-refractivity contribution in [2.45, 2.75) is 0 Å². The molecule has 19 heavy (non-hydrogen) atoms. The van der Waals surface area contributed by atoms with Crippen LogP contribution in [0.2, 0.25) is 0 Å². The number of methoxy groups -OCH3 is 1. The number of carbonyl (C=O) groups is 1. The number of nitrogens with zero attached hydrogens (tertiary/aromatic N) is 3. The number of ether oxygens (including phenoxy) is 1. The molecule has 0 aliphatic heterocycles. The first-order valence-electron chi connectivity index (χ1n) is 5.11. The van der Waals surface area contributed by atoms with Crippen molar-refractivity contribution in [1.82, 2.24) is 9.78 Å². The number of hydrogen-bond donors (Lipinski definition) is 0. The quantitative estimate of drug-likeness (QED) is 0.479. The Kier molecular flexibility index (Phi) is 3.23. The van der Waals surface area contributed by atoms with Crippen molar-refractivity contribution in [2.75, 3.05) is 7.11 Å². The Labute approximate surface area is 106 Å². The molecular weight excluding hydrogens is 257 g/mol. The number of halogens is 1. The smallest absolute Gasteiger partial charge is 0.391 e. The summed E-state index contributed by atoms with van der Waals surface area (Å²) in [6.07, 6.45) is 0. The van der Waals surface area contributed by atoms with E-state index in [9.17, 15) is 19.3 Å². The molecule has 2 rings (SSSR count). The molecule has 0 atom stereocenters. The van der Waals surface area contributed by atoms with Crippen LogP contribution in [0.15, 0.2) is 30.3 Å². The molecule has 0 amide bonds. The van der Waals surface area contributed by atoms with Crippen LogP contribution in [0.3, 0.4) is 0 Å². The number of hydrogen-bond acceptors (Lipinski definition) is 5. The molecule has 0 saturated carbocycles. The number of carbonyl (C=O) groups excluding carboxylic acids is 1. The molecule has 0 saturated heterocycles. The van der Waals surface area contributed by atoms with E-state index in [2.05, 4.69) is 9.84 Å². The Morgan fingerprint density at radius 2 is 2.05 bits per heavy atom. The van der Waals surface area contributed by atoms with Crippen LogP contribution in [0.4, 0.5) is 10.2 Å². The SMILES string of the molecule is COC(=O)c1cc([N+](=O)[O-])nn1-c1ccc(F)cc1. The minimum absolute atomic E-state index is 0.110. The summed E-state index contributed by atoms with van der Waals surface area (Å²) in [5.41, 5.74) is 0.204. The molecule has 1 heterocycles. The predicted octanol–water partition coefficient (Wildman–Crippen LogP) is 1.71. The summed E-state index contributed by atoms with van der Waals surface area (Å²) >= 11 is 0. The van der Waals surface area contributed by atoms with Gasteiger partial charge in [-0.1, -0.05) is 0 Å². The van der Waals surface area contributed by atoms with Crippen LogP contribution in [0.5, 0.6) is 0 Å². The lowest BCUT2D eigenvalue weighted by molar-refractivity contribution is -0.389. The molecule has 0 unspecified atom stereocenters. The standard InChI is InChI=1S/C11H8FN3O4/c1-19-11(16)9-6-10(15(17)18)13-14(9)8-4-2-7(12)3-5-8/h2-6H,1H3. The van der Waals surface area contributed by atoms with Crippen molar-refractivity contribution >= 4 is 11.8 Å². The Bertz CT molecular complexity index is 636. The van der Waals surface area contributed by atoms with Gasteiger partial charge >= 0.3 is 11.8 Å². The highest BCUT2D eigenvalue weighted by Gasteiger charge is 2.24. The highest BCUT2D eigenvalue weighted by molar-refractivity contribution is 5.88. The van der Waals surface area contributed by atoms with Crippen LogP contribution in [0, 0.1) is 15.9 Å². The molecule has 0 radical (unpaired) electrons. The van der Waals surface area contributed by atoms with Crippen LogP contribution in [-0.4, -0.2) is 27.8 Å². The van der Waals surface area contributed by atoms with Crippen molar-refractivity contribution in [3.63, 3.8) is 0 Å². The Morgan fingerprint density at radius 1 is 1.42 bits per heavy atom. The number of esters is 1. The van der Waals surface area contributed by atoms with Gasteiger partial charge in [-0.25, -0.2) is 9.18 Å². The molecule has 0 aliphatic carbocycles. The summed E-state index contributed by atoms with van der Waals surface area (Å²) in [6, 6.07) is 6.00. The average Bonchev–Trinajstić information content (AvgIpc) is 2.84. The van der Waals surface area contributed by atoms with Gasteiger partial charge in [0.1, 0.15) is 5.82 Å². The van der Waals surface area contributed by atoms with E-state index in [0.717, 1.165) is 30.0 Å². The fraction of sp³-hybridized carbons (Fsp3) is 0.0909. The lowest BCUT2D eigenvalue weighted by Crippen LogP contribution is -2.10. The van der Waals surface area contributed by atoms with Crippen LogP contribution in [0.1, 0.15) is 10.5 Å². The van der Waals surface area contributed by atoms with Gasteiger partial charge in [-0.3, -0.25) is 0 Å². The number of aromatic nitrogens is 2. The minimum atomic E-state index is -0.773. The van der Waals surface area contributed by atoms with Gasteiger partial charge in [0, 0.05) is 0 Å². The fourth-order valence-corrected chi connectivity index (χ4v) is 1.49. The minimum Gasteiger partial charge on any atom is -0.464 e. The van der Waals surface area contributed by atoms with E-state index in [4.69, 9.17) is 0 Å². The first-order chi connectivity index (χ1) is 9.02.